The number of nitrogens with zero attached hydrogens (tertiary/aromatic N) is 2. The Kier molecular flexibility index (Phi) is 3.74. The quantitative estimate of drug-likeness (QED) is 0.722. The molecule has 0 bridgehead atoms. The van der Waals surface area contributed by atoms with E-state index in [1.54, 1.807) is 20.8 Å². The van der Waals surface area contributed by atoms with Crippen LogP contribution in [0.25, 0.3) is 0 Å². The Bertz CT molecular complexity index is 617. The number of hydrogen-bond acceptors (Lipinski definition) is 3. The van der Waals surface area contributed by atoms with Crippen LogP contribution in [0.1, 0.15) is 31.9 Å². The highest BCUT2D eigenvalue weighted by Gasteiger charge is 2.32. The maximum absolute atomic E-state index is 14.1. The van der Waals surface area contributed by atoms with Crippen LogP contribution in [0.15, 0.2) is 10.5 Å². The molecule has 20 heavy (non-hydrogen) atoms. The molecule has 1 aliphatic rings. The van der Waals surface area contributed by atoms with E-state index < -0.39 is 17.5 Å². The summed E-state index contributed by atoms with van der Waals surface area (Å²) in [6.07, 6.45) is -0.119. The number of halogens is 2. The first-order valence-corrected chi connectivity index (χ1v) is 6.95. The normalized spacial score (nSPS) is 13.9. The predicted octanol–water partition coefficient (Wildman–Crippen LogP) is 3.76. The molecule has 1 aromatic rings. The second-order valence-electron chi connectivity index (χ2n) is 5.54. The summed E-state index contributed by atoms with van der Waals surface area (Å²) in [5.41, 5.74) is 0.390. The van der Waals surface area contributed by atoms with Crippen molar-refractivity contribution in [3.8, 4) is 6.07 Å². The number of carbonyl (C=O) groups is 1. The van der Waals surface area contributed by atoms with E-state index in [0.29, 0.717) is 24.2 Å². The van der Waals surface area contributed by atoms with E-state index in [1.807, 2.05) is 6.07 Å². The lowest BCUT2D eigenvalue weighted by Crippen LogP contribution is -2.35. The van der Waals surface area contributed by atoms with E-state index in [2.05, 4.69) is 15.9 Å². The average molecular weight is 341 g/mol. The molecule has 0 saturated heterocycles. The van der Waals surface area contributed by atoms with Gasteiger partial charge in [-0.1, -0.05) is 0 Å². The van der Waals surface area contributed by atoms with Crippen LogP contribution < -0.4 is 4.90 Å². The van der Waals surface area contributed by atoms with Crippen molar-refractivity contribution in [2.24, 2.45) is 0 Å². The highest BCUT2D eigenvalue weighted by atomic mass is 79.9. The molecule has 0 aliphatic carbocycles. The highest BCUT2D eigenvalue weighted by Crippen LogP contribution is 2.36. The van der Waals surface area contributed by atoms with Crippen LogP contribution >= 0.6 is 15.9 Å². The monoisotopic (exact) mass is 340 g/mol. The lowest BCUT2D eigenvalue weighted by atomic mass is 10.1. The van der Waals surface area contributed by atoms with E-state index in [0.717, 1.165) is 0 Å². The first-order valence-electron chi connectivity index (χ1n) is 6.16. The molecule has 2 rings (SSSR count). The topological polar surface area (TPSA) is 53.3 Å². The van der Waals surface area contributed by atoms with E-state index in [-0.39, 0.29) is 10.0 Å². The number of hydrogen-bond donors (Lipinski definition) is 0. The summed E-state index contributed by atoms with van der Waals surface area (Å²) < 4.78 is 19.6. The zero-order valence-corrected chi connectivity index (χ0v) is 13.0. The number of amides is 1. The molecule has 0 spiro atoms. The second-order valence-corrected chi connectivity index (χ2v) is 6.34. The van der Waals surface area contributed by atoms with Gasteiger partial charge >= 0.3 is 6.09 Å². The average Bonchev–Trinajstić information content (AvgIpc) is 2.75. The fraction of sp³-hybridized carbons (Fsp3) is 0.429. The minimum Gasteiger partial charge on any atom is -0.443 e. The van der Waals surface area contributed by atoms with Crippen LogP contribution in [0.2, 0.25) is 0 Å². The molecule has 0 radical (unpaired) electrons. The van der Waals surface area contributed by atoms with Crippen molar-refractivity contribution in [2.75, 3.05) is 11.4 Å². The number of carbonyl (C=O) groups excluding carboxylic acids is 1. The Morgan fingerprint density at radius 3 is 2.75 bits per heavy atom. The maximum Gasteiger partial charge on any atom is 0.414 e. The van der Waals surface area contributed by atoms with Crippen LogP contribution in [0.4, 0.5) is 14.9 Å². The number of anilines is 1. The predicted molar refractivity (Wildman–Crippen MR) is 76.1 cm³/mol. The van der Waals surface area contributed by atoms with E-state index in [9.17, 15) is 9.18 Å². The van der Waals surface area contributed by atoms with E-state index in [1.165, 1.54) is 11.0 Å². The molecule has 4 nitrogen and oxygen atoms in total. The van der Waals surface area contributed by atoms with Gasteiger partial charge in [-0.15, -0.1) is 0 Å². The molecular weight excluding hydrogens is 327 g/mol. The van der Waals surface area contributed by atoms with Gasteiger partial charge in [-0.25, -0.2) is 9.18 Å². The first kappa shape index (κ1) is 14.8. The van der Waals surface area contributed by atoms with Crippen molar-refractivity contribution < 1.29 is 13.9 Å². The Morgan fingerprint density at radius 2 is 2.20 bits per heavy atom. The Balaban J connectivity index is 2.41. The van der Waals surface area contributed by atoms with Crippen LogP contribution in [-0.2, 0) is 11.2 Å². The van der Waals surface area contributed by atoms with Gasteiger partial charge < -0.3 is 4.74 Å². The number of nitriles is 1. The lowest BCUT2D eigenvalue weighted by Gasteiger charge is -2.25. The molecule has 0 atom stereocenters. The summed E-state index contributed by atoms with van der Waals surface area (Å²) in [6, 6.07) is 3.42. The van der Waals surface area contributed by atoms with Crippen molar-refractivity contribution >= 4 is 27.7 Å². The SMILES string of the molecule is CC(C)(C)OC(=O)N1CCc2c1cc(C#N)c(Br)c2F. The van der Waals surface area contributed by atoms with Gasteiger partial charge in [-0.3, -0.25) is 4.90 Å². The van der Waals surface area contributed by atoms with Crippen molar-refractivity contribution in [3.05, 3.63) is 27.5 Å². The van der Waals surface area contributed by atoms with Gasteiger partial charge in [0.2, 0.25) is 0 Å². The Hall–Kier alpha value is -1.61. The van der Waals surface area contributed by atoms with Gasteiger partial charge in [0.05, 0.1) is 15.7 Å². The standard InChI is InChI=1S/C14H14BrFN2O2/c1-14(2,3)20-13(19)18-5-4-9-10(18)6-8(7-17)11(15)12(9)16/h6H,4-5H2,1-3H3. The molecule has 0 aromatic heterocycles. The second kappa shape index (κ2) is 5.06. The Morgan fingerprint density at radius 1 is 1.55 bits per heavy atom. The van der Waals surface area contributed by atoms with Crippen molar-refractivity contribution in [1.29, 1.82) is 5.26 Å². The molecule has 0 fully saturated rings. The van der Waals surface area contributed by atoms with Gasteiger partial charge in [0, 0.05) is 12.1 Å². The van der Waals surface area contributed by atoms with Crippen LogP contribution in [0.3, 0.4) is 0 Å². The molecule has 1 amide bonds. The molecule has 1 heterocycles. The van der Waals surface area contributed by atoms with Gasteiger partial charge in [0.15, 0.2) is 0 Å². The number of ether oxygens (including phenoxy) is 1. The van der Waals surface area contributed by atoms with Crippen molar-refractivity contribution in [2.45, 2.75) is 32.8 Å². The third kappa shape index (κ3) is 2.63. The van der Waals surface area contributed by atoms with E-state index in [4.69, 9.17) is 10.00 Å². The fourth-order valence-electron chi connectivity index (χ4n) is 2.06. The highest BCUT2D eigenvalue weighted by molar-refractivity contribution is 9.10. The molecule has 1 aromatic carbocycles. The smallest absolute Gasteiger partial charge is 0.414 e. The summed E-state index contributed by atoms with van der Waals surface area (Å²) in [5, 5.41) is 9.00. The van der Waals surface area contributed by atoms with Crippen LogP contribution in [0, 0.1) is 17.1 Å². The maximum atomic E-state index is 14.1. The van der Waals surface area contributed by atoms with Gasteiger partial charge in [-0.2, -0.15) is 5.26 Å². The van der Waals surface area contributed by atoms with Gasteiger partial charge in [0.25, 0.3) is 0 Å². The molecule has 0 N–H and O–H groups in total. The first-order chi connectivity index (χ1) is 9.24. The molecule has 106 valence electrons. The zero-order chi connectivity index (χ0) is 15.1. The summed E-state index contributed by atoms with van der Waals surface area (Å²) in [7, 11) is 0. The Labute approximate surface area is 125 Å². The minimum atomic E-state index is -0.619. The van der Waals surface area contributed by atoms with Crippen LogP contribution in [0.5, 0.6) is 0 Å². The summed E-state index contributed by atoms with van der Waals surface area (Å²) in [4.78, 5) is 13.5. The lowest BCUT2D eigenvalue weighted by molar-refractivity contribution is 0.0584. The minimum absolute atomic E-state index is 0.143. The van der Waals surface area contributed by atoms with Crippen molar-refractivity contribution in [3.63, 3.8) is 0 Å². The fourth-order valence-corrected chi connectivity index (χ4v) is 2.50. The number of benzene rings is 1. The summed E-state index contributed by atoms with van der Waals surface area (Å²) in [6.45, 7) is 5.66. The summed E-state index contributed by atoms with van der Waals surface area (Å²) in [5.74, 6) is -0.481. The van der Waals surface area contributed by atoms with Crippen molar-refractivity contribution in [1.82, 2.24) is 0 Å². The molecule has 0 saturated carbocycles. The number of fused-ring (bicyclic) bond motifs is 1. The van der Waals surface area contributed by atoms with E-state index >= 15 is 0 Å². The third-order valence-corrected chi connectivity index (χ3v) is 3.67. The molecule has 6 heteroatoms. The van der Waals surface area contributed by atoms with Gasteiger partial charge in [-0.05, 0) is 49.2 Å². The third-order valence-electron chi connectivity index (χ3n) is 2.89. The van der Waals surface area contributed by atoms with Gasteiger partial charge in [0.1, 0.15) is 17.5 Å². The largest absolute Gasteiger partial charge is 0.443 e. The molecular formula is C14H14BrFN2O2. The molecule has 0 unspecified atom stereocenters. The summed E-state index contributed by atoms with van der Waals surface area (Å²) >= 11 is 3.07. The zero-order valence-electron chi connectivity index (χ0n) is 11.5. The molecule has 1 aliphatic heterocycles. The number of rotatable bonds is 0. The van der Waals surface area contributed by atoms with Crippen LogP contribution in [-0.4, -0.2) is 18.2 Å².